The molecule has 0 fully saturated rings. The fourth-order valence-electron chi connectivity index (χ4n) is 2.34. The van der Waals surface area contributed by atoms with Gasteiger partial charge in [-0.25, -0.2) is 8.78 Å². The molecular weight excluding hydrogens is 344 g/mol. The Bertz CT molecular complexity index is 835. The number of nitrogens with one attached hydrogen (secondary N) is 1. The van der Waals surface area contributed by atoms with E-state index in [0.29, 0.717) is 0 Å². The van der Waals surface area contributed by atoms with Gasteiger partial charge in [-0.1, -0.05) is 30.3 Å². The highest BCUT2D eigenvalue weighted by molar-refractivity contribution is 7.10. The summed E-state index contributed by atoms with van der Waals surface area (Å²) in [5, 5.41) is 4.74. The molecule has 0 bridgehead atoms. The summed E-state index contributed by atoms with van der Waals surface area (Å²) in [4.78, 5) is 13.2. The number of hydrogen-bond acceptors (Lipinski definition) is 3. The number of carbonyl (C=O) groups is 1. The minimum Gasteiger partial charge on any atom is -0.481 e. The normalized spacial score (nSPS) is 11.8. The van der Waals surface area contributed by atoms with Gasteiger partial charge in [-0.05, 0) is 41.3 Å². The van der Waals surface area contributed by atoms with Gasteiger partial charge < -0.3 is 10.1 Å². The van der Waals surface area contributed by atoms with Crippen LogP contribution in [0.1, 0.15) is 16.5 Å². The molecule has 1 aromatic heterocycles. The Morgan fingerprint density at radius 3 is 2.48 bits per heavy atom. The number of thiophene rings is 1. The Morgan fingerprint density at radius 1 is 1.04 bits per heavy atom. The van der Waals surface area contributed by atoms with E-state index < -0.39 is 17.8 Å². The van der Waals surface area contributed by atoms with Gasteiger partial charge in [0.2, 0.25) is 0 Å². The smallest absolute Gasteiger partial charge is 0.258 e. The van der Waals surface area contributed by atoms with Crippen LogP contribution in [0.15, 0.2) is 66.0 Å². The van der Waals surface area contributed by atoms with Gasteiger partial charge in [0, 0.05) is 4.88 Å². The topological polar surface area (TPSA) is 38.3 Å². The number of halogens is 2. The molecule has 3 nitrogen and oxygen atoms in total. The van der Waals surface area contributed by atoms with Gasteiger partial charge in [-0.3, -0.25) is 4.79 Å². The van der Waals surface area contributed by atoms with Crippen LogP contribution >= 0.6 is 11.3 Å². The highest BCUT2D eigenvalue weighted by Gasteiger charge is 2.18. The monoisotopic (exact) mass is 359 g/mol. The van der Waals surface area contributed by atoms with Crippen LogP contribution in [-0.4, -0.2) is 12.5 Å². The van der Waals surface area contributed by atoms with Crippen LogP contribution in [0.3, 0.4) is 0 Å². The molecule has 0 spiro atoms. The SMILES string of the molecule is O=C(COc1ccccc1F)N[C@H](c1ccc(F)cc1)c1cccs1. The van der Waals surface area contributed by atoms with Crippen molar-refractivity contribution in [1.29, 1.82) is 0 Å². The number of benzene rings is 2. The molecule has 1 N–H and O–H groups in total. The van der Waals surface area contributed by atoms with Gasteiger partial charge >= 0.3 is 0 Å². The van der Waals surface area contributed by atoms with Crippen molar-refractivity contribution in [2.75, 3.05) is 6.61 Å². The third-order valence-corrected chi connectivity index (χ3v) is 4.47. The average molecular weight is 359 g/mol. The zero-order valence-electron chi connectivity index (χ0n) is 13.1. The van der Waals surface area contributed by atoms with Gasteiger partial charge in [-0.15, -0.1) is 11.3 Å². The van der Waals surface area contributed by atoms with Crippen LogP contribution in [-0.2, 0) is 4.79 Å². The number of ether oxygens (including phenoxy) is 1. The van der Waals surface area contributed by atoms with E-state index in [-0.39, 0.29) is 18.2 Å². The Hall–Kier alpha value is -2.73. The first-order chi connectivity index (χ1) is 12.1. The van der Waals surface area contributed by atoms with E-state index in [0.717, 1.165) is 10.4 Å². The maximum atomic E-state index is 13.5. The number of hydrogen-bond donors (Lipinski definition) is 1. The van der Waals surface area contributed by atoms with Crippen molar-refractivity contribution in [3.8, 4) is 5.75 Å². The van der Waals surface area contributed by atoms with Crippen LogP contribution < -0.4 is 10.1 Å². The summed E-state index contributed by atoms with van der Waals surface area (Å²) >= 11 is 1.48. The first-order valence-corrected chi connectivity index (χ1v) is 8.47. The van der Waals surface area contributed by atoms with Crippen LogP contribution in [0.4, 0.5) is 8.78 Å². The molecule has 3 rings (SSSR count). The highest BCUT2D eigenvalue weighted by atomic mass is 32.1. The van der Waals surface area contributed by atoms with E-state index in [2.05, 4.69) is 5.32 Å². The lowest BCUT2D eigenvalue weighted by Gasteiger charge is -2.18. The summed E-state index contributed by atoms with van der Waals surface area (Å²) in [6.45, 7) is -0.315. The standard InChI is InChI=1S/C19H15F2NO2S/c20-14-9-7-13(8-10-14)19(17-6-3-11-25-17)22-18(23)12-24-16-5-2-1-4-15(16)21/h1-11,19H,12H2,(H,22,23)/t19-/m1/s1. The van der Waals surface area contributed by atoms with E-state index in [1.807, 2.05) is 17.5 Å². The summed E-state index contributed by atoms with van der Waals surface area (Å²) in [5.74, 6) is -1.25. The Kier molecular flexibility index (Phi) is 5.40. The maximum Gasteiger partial charge on any atom is 0.258 e. The predicted molar refractivity (Wildman–Crippen MR) is 92.6 cm³/mol. The highest BCUT2D eigenvalue weighted by Crippen LogP contribution is 2.26. The molecule has 0 aliphatic carbocycles. The molecule has 1 atom stereocenters. The van der Waals surface area contributed by atoms with Crippen molar-refractivity contribution >= 4 is 17.2 Å². The van der Waals surface area contributed by atoms with E-state index in [1.165, 1.54) is 35.6 Å². The molecular formula is C19H15F2NO2S. The lowest BCUT2D eigenvalue weighted by atomic mass is 10.1. The maximum absolute atomic E-state index is 13.5. The fraction of sp³-hybridized carbons (Fsp3) is 0.105. The number of amides is 1. The fourth-order valence-corrected chi connectivity index (χ4v) is 3.14. The lowest BCUT2D eigenvalue weighted by Crippen LogP contribution is -2.33. The van der Waals surface area contributed by atoms with Gasteiger partial charge in [0.25, 0.3) is 5.91 Å². The molecule has 25 heavy (non-hydrogen) atoms. The van der Waals surface area contributed by atoms with Crippen molar-refractivity contribution in [3.05, 3.63) is 88.1 Å². The molecule has 6 heteroatoms. The molecule has 0 aliphatic heterocycles. The number of rotatable bonds is 6. The summed E-state index contributed by atoms with van der Waals surface area (Å²) in [5.41, 5.74) is 0.753. The minimum absolute atomic E-state index is 0.0205. The van der Waals surface area contributed by atoms with E-state index in [9.17, 15) is 13.6 Å². The quantitative estimate of drug-likeness (QED) is 0.712. The van der Waals surface area contributed by atoms with E-state index >= 15 is 0 Å². The van der Waals surface area contributed by atoms with Crippen molar-refractivity contribution in [2.24, 2.45) is 0 Å². The van der Waals surface area contributed by atoms with Crippen LogP contribution in [0, 0.1) is 11.6 Å². The second-order valence-corrected chi connectivity index (χ2v) is 6.27. The summed E-state index contributed by atoms with van der Waals surface area (Å²) < 4.78 is 31.9. The lowest BCUT2D eigenvalue weighted by molar-refractivity contribution is -0.123. The Morgan fingerprint density at radius 2 is 1.80 bits per heavy atom. The molecule has 2 aromatic carbocycles. The zero-order chi connectivity index (χ0) is 17.6. The Labute approximate surface area is 147 Å². The summed E-state index contributed by atoms with van der Waals surface area (Å²) in [7, 11) is 0. The summed E-state index contributed by atoms with van der Waals surface area (Å²) in [6.07, 6.45) is 0. The van der Waals surface area contributed by atoms with Gasteiger partial charge in [0.1, 0.15) is 5.82 Å². The average Bonchev–Trinajstić information content (AvgIpc) is 3.14. The molecule has 3 aromatic rings. The van der Waals surface area contributed by atoms with Gasteiger partial charge in [-0.2, -0.15) is 0 Å². The van der Waals surface area contributed by atoms with Gasteiger partial charge in [0.15, 0.2) is 18.2 Å². The molecule has 0 aliphatic rings. The third-order valence-electron chi connectivity index (χ3n) is 3.53. The molecule has 1 amide bonds. The van der Waals surface area contributed by atoms with Crippen molar-refractivity contribution in [1.82, 2.24) is 5.32 Å². The first-order valence-electron chi connectivity index (χ1n) is 7.59. The second-order valence-electron chi connectivity index (χ2n) is 5.29. The van der Waals surface area contributed by atoms with Crippen LogP contribution in [0.5, 0.6) is 5.75 Å². The van der Waals surface area contributed by atoms with Crippen molar-refractivity contribution < 1.29 is 18.3 Å². The van der Waals surface area contributed by atoms with Crippen LogP contribution in [0.2, 0.25) is 0 Å². The van der Waals surface area contributed by atoms with Crippen molar-refractivity contribution in [3.63, 3.8) is 0 Å². The van der Waals surface area contributed by atoms with E-state index in [4.69, 9.17) is 4.74 Å². The predicted octanol–water partition coefficient (Wildman–Crippen LogP) is 4.31. The Balaban J connectivity index is 1.71. The third kappa shape index (κ3) is 4.42. The molecule has 128 valence electrons. The van der Waals surface area contributed by atoms with E-state index in [1.54, 1.807) is 24.3 Å². The largest absolute Gasteiger partial charge is 0.481 e. The molecule has 0 saturated carbocycles. The second kappa shape index (κ2) is 7.90. The molecule has 0 radical (unpaired) electrons. The zero-order valence-corrected chi connectivity index (χ0v) is 13.9. The minimum atomic E-state index is -0.524. The van der Waals surface area contributed by atoms with Crippen LogP contribution in [0.25, 0.3) is 0 Å². The van der Waals surface area contributed by atoms with Crippen molar-refractivity contribution in [2.45, 2.75) is 6.04 Å². The summed E-state index contributed by atoms with van der Waals surface area (Å²) in [6, 6.07) is 15.2. The first kappa shape index (κ1) is 17.1. The molecule has 0 unspecified atom stereocenters. The van der Waals surface area contributed by atoms with Gasteiger partial charge in [0.05, 0.1) is 6.04 Å². The number of para-hydroxylation sites is 1. The number of carbonyl (C=O) groups excluding carboxylic acids is 1. The molecule has 0 saturated heterocycles. The molecule has 1 heterocycles.